The summed E-state index contributed by atoms with van der Waals surface area (Å²) in [6.07, 6.45) is 2.83. The van der Waals surface area contributed by atoms with Gasteiger partial charge in [-0.2, -0.15) is 5.26 Å². The summed E-state index contributed by atoms with van der Waals surface area (Å²) in [5.41, 5.74) is 0.295. The zero-order valence-corrected chi connectivity index (χ0v) is 13.1. The third kappa shape index (κ3) is 3.28. The van der Waals surface area contributed by atoms with E-state index in [0.717, 1.165) is 29.2 Å². The number of carbonyl (C=O) groups excluding carboxylic acids is 1. The summed E-state index contributed by atoms with van der Waals surface area (Å²) >= 11 is 0. The number of esters is 1. The van der Waals surface area contributed by atoms with Crippen molar-refractivity contribution in [1.29, 1.82) is 5.26 Å². The highest BCUT2D eigenvalue weighted by Crippen LogP contribution is 2.33. The maximum Gasteiger partial charge on any atom is 0.315 e. The highest BCUT2D eigenvalue weighted by Gasteiger charge is 2.35. The summed E-state index contributed by atoms with van der Waals surface area (Å²) in [6.45, 7) is 1.93. The average molecular weight is 295 g/mol. The predicted octanol–water partition coefficient (Wildman–Crippen LogP) is 4.35. The molecule has 114 valence electrons. The molecule has 0 radical (unpaired) electrons. The second-order valence-corrected chi connectivity index (χ2v) is 5.75. The largest absolute Gasteiger partial charge is 0.468 e. The Balaban J connectivity index is 2.34. The van der Waals surface area contributed by atoms with Crippen molar-refractivity contribution in [3.05, 3.63) is 48.0 Å². The molecule has 1 unspecified atom stereocenters. The van der Waals surface area contributed by atoms with E-state index in [2.05, 4.69) is 18.2 Å². The van der Waals surface area contributed by atoms with Crippen LogP contribution in [0.4, 0.5) is 0 Å². The molecule has 2 rings (SSSR count). The molecule has 0 heterocycles. The van der Waals surface area contributed by atoms with Crippen molar-refractivity contribution in [2.75, 3.05) is 7.11 Å². The Bertz CT molecular complexity index is 702. The van der Waals surface area contributed by atoms with Crippen LogP contribution >= 0.6 is 0 Å². The van der Waals surface area contributed by atoms with Crippen LogP contribution in [0.5, 0.6) is 0 Å². The molecule has 0 spiro atoms. The van der Waals surface area contributed by atoms with Crippen LogP contribution in [-0.2, 0) is 14.9 Å². The number of nitrogens with zero attached hydrogens (tertiary/aromatic N) is 1. The highest BCUT2D eigenvalue weighted by atomic mass is 16.5. The number of unbranched alkanes of at least 4 members (excludes halogenated alkanes) is 2. The van der Waals surface area contributed by atoms with Gasteiger partial charge in [-0.05, 0) is 36.1 Å². The molecule has 0 aliphatic carbocycles. The van der Waals surface area contributed by atoms with Crippen molar-refractivity contribution in [3.8, 4) is 6.07 Å². The molecule has 0 saturated heterocycles. The summed E-state index contributed by atoms with van der Waals surface area (Å²) in [6, 6.07) is 16.4. The molecule has 22 heavy (non-hydrogen) atoms. The van der Waals surface area contributed by atoms with E-state index in [-0.39, 0.29) is 5.97 Å². The first-order valence-corrected chi connectivity index (χ1v) is 7.56. The standard InChI is InChI=1S/C19H21NO2/c1-19(18(21)22-2,12-6-3-7-13-20)17-11-10-15-8-4-5-9-16(15)14-17/h4-5,8-11,14H,3,6-7,12H2,1-2H3. The predicted molar refractivity (Wildman–Crippen MR) is 87.4 cm³/mol. The Hall–Kier alpha value is -2.34. The number of fused-ring (bicyclic) bond motifs is 1. The highest BCUT2D eigenvalue weighted by molar-refractivity contribution is 5.87. The number of rotatable bonds is 6. The van der Waals surface area contributed by atoms with Crippen LogP contribution in [0.25, 0.3) is 10.8 Å². The Morgan fingerprint density at radius 3 is 2.59 bits per heavy atom. The first kappa shape index (κ1) is 16.0. The fourth-order valence-electron chi connectivity index (χ4n) is 2.80. The van der Waals surface area contributed by atoms with E-state index in [1.165, 1.54) is 7.11 Å². The maximum absolute atomic E-state index is 12.3. The molecule has 3 nitrogen and oxygen atoms in total. The van der Waals surface area contributed by atoms with Crippen molar-refractivity contribution < 1.29 is 9.53 Å². The van der Waals surface area contributed by atoms with Crippen molar-refractivity contribution in [3.63, 3.8) is 0 Å². The third-order valence-corrected chi connectivity index (χ3v) is 4.24. The van der Waals surface area contributed by atoms with Crippen LogP contribution in [0.1, 0.15) is 38.2 Å². The van der Waals surface area contributed by atoms with E-state index in [0.29, 0.717) is 12.8 Å². The lowest BCUT2D eigenvalue weighted by molar-refractivity contribution is -0.147. The van der Waals surface area contributed by atoms with Gasteiger partial charge < -0.3 is 4.74 Å². The number of carbonyl (C=O) groups is 1. The number of hydrogen-bond acceptors (Lipinski definition) is 3. The van der Waals surface area contributed by atoms with Crippen LogP contribution in [0, 0.1) is 11.3 Å². The zero-order valence-electron chi connectivity index (χ0n) is 13.1. The van der Waals surface area contributed by atoms with Crippen LogP contribution in [-0.4, -0.2) is 13.1 Å². The molecule has 2 aromatic rings. The molecule has 0 fully saturated rings. The van der Waals surface area contributed by atoms with Gasteiger partial charge in [0, 0.05) is 6.42 Å². The number of nitriles is 1. The fraction of sp³-hybridized carbons (Fsp3) is 0.368. The minimum Gasteiger partial charge on any atom is -0.468 e. The minimum atomic E-state index is -0.672. The van der Waals surface area contributed by atoms with Crippen molar-refractivity contribution in [1.82, 2.24) is 0 Å². The van der Waals surface area contributed by atoms with Gasteiger partial charge in [0.1, 0.15) is 0 Å². The van der Waals surface area contributed by atoms with E-state index < -0.39 is 5.41 Å². The molecule has 0 aliphatic heterocycles. The normalized spacial score (nSPS) is 13.3. The second-order valence-electron chi connectivity index (χ2n) is 5.75. The quantitative estimate of drug-likeness (QED) is 0.588. The van der Waals surface area contributed by atoms with Crippen molar-refractivity contribution >= 4 is 16.7 Å². The van der Waals surface area contributed by atoms with Gasteiger partial charge in [-0.1, -0.05) is 48.9 Å². The maximum atomic E-state index is 12.3. The molecular weight excluding hydrogens is 274 g/mol. The lowest BCUT2D eigenvalue weighted by Gasteiger charge is -2.27. The molecule has 3 heteroatoms. The lowest BCUT2D eigenvalue weighted by Crippen LogP contribution is -2.33. The summed E-state index contributed by atoms with van der Waals surface area (Å²) in [4.78, 5) is 12.3. The summed E-state index contributed by atoms with van der Waals surface area (Å²) < 4.78 is 5.03. The van der Waals surface area contributed by atoms with E-state index in [1.54, 1.807) is 0 Å². The van der Waals surface area contributed by atoms with Crippen LogP contribution in [0.2, 0.25) is 0 Å². The van der Waals surface area contributed by atoms with E-state index in [9.17, 15) is 4.79 Å². The molecule has 0 saturated carbocycles. The van der Waals surface area contributed by atoms with Crippen LogP contribution in [0.3, 0.4) is 0 Å². The Morgan fingerprint density at radius 2 is 1.91 bits per heavy atom. The monoisotopic (exact) mass is 295 g/mol. The van der Waals surface area contributed by atoms with Crippen LogP contribution in [0.15, 0.2) is 42.5 Å². The Morgan fingerprint density at radius 1 is 1.18 bits per heavy atom. The van der Waals surface area contributed by atoms with Gasteiger partial charge in [-0.15, -0.1) is 0 Å². The lowest BCUT2D eigenvalue weighted by atomic mass is 9.77. The Labute approximate surface area is 131 Å². The second kappa shape index (κ2) is 7.09. The zero-order chi connectivity index (χ0) is 16.0. The fourth-order valence-corrected chi connectivity index (χ4v) is 2.80. The van der Waals surface area contributed by atoms with E-state index in [1.807, 2.05) is 37.3 Å². The number of methoxy groups -OCH3 is 1. The van der Waals surface area contributed by atoms with Gasteiger partial charge in [0.15, 0.2) is 0 Å². The van der Waals surface area contributed by atoms with Gasteiger partial charge in [-0.3, -0.25) is 4.79 Å². The SMILES string of the molecule is COC(=O)C(C)(CCCCC#N)c1ccc2ccccc2c1. The molecule has 1 atom stereocenters. The van der Waals surface area contributed by atoms with E-state index in [4.69, 9.17) is 10.00 Å². The molecule has 0 aliphatic rings. The smallest absolute Gasteiger partial charge is 0.315 e. The molecule has 0 aromatic heterocycles. The molecular formula is C19H21NO2. The number of ether oxygens (including phenoxy) is 1. The molecule has 0 N–H and O–H groups in total. The number of benzene rings is 2. The third-order valence-electron chi connectivity index (χ3n) is 4.24. The summed E-state index contributed by atoms with van der Waals surface area (Å²) in [7, 11) is 1.43. The topological polar surface area (TPSA) is 50.1 Å². The summed E-state index contributed by atoms with van der Waals surface area (Å²) in [5.74, 6) is -0.222. The molecule has 0 amide bonds. The van der Waals surface area contributed by atoms with Gasteiger partial charge in [0.2, 0.25) is 0 Å². The molecule has 2 aromatic carbocycles. The summed E-state index contributed by atoms with van der Waals surface area (Å²) in [5, 5.41) is 10.9. The average Bonchev–Trinajstić information content (AvgIpc) is 2.57. The number of hydrogen-bond donors (Lipinski definition) is 0. The van der Waals surface area contributed by atoms with Gasteiger partial charge in [0.25, 0.3) is 0 Å². The van der Waals surface area contributed by atoms with Crippen LogP contribution < -0.4 is 0 Å². The van der Waals surface area contributed by atoms with Gasteiger partial charge >= 0.3 is 5.97 Å². The van der Waals surface area contributed by atoms with Gasteiger partial charge in [-0.25, -0.2) is 0 Å². The van der Waals surface area contributed by atoms with Crippen molar-refractivity contribution in [2.45, 2.75) is 38.0 Å². The molecule has 0 bridgehead atoms. The minimum absolute atomic E-state index is 0.222. The van der Waals surface area contributed by atoms with Gasteiger partial charge in [0.05, 0.1) is 18.6 Å². The van der Waals surface area contributed by atoms with Crippen molar-refractivity contribution in [2.24, 2.45) is 0 Å². The van der Waals surface area contributed by atoms with E-state index >= 15 is 0 Å². The Kier molecular flexibility index (Phi) is 5.16. The first-order valence-electron chi connectivity index (χ1n) is 7.56. The first-order chi connectivity index (χ1) is 10.6.